The van der Waals surface area contributed by atoms with Crippen LogP contribution in [0.3, 0.4) is 0 Å². The van der Waals surface area contributed by atoms with Crippen molar-refractivity contribution in [2.45, 2.75) is 12.7 Å². The predicted molar refractivity (Wildman–Crippen MR) is 51.7 cm³/mol. The Bertz CT molecular complexity index is 333. The van der Waals surface area contributed by atoms with Crippen LogP contribution < -0.4 is 0 Å². The summed E-state index contributed by atoms with van der Waals surface area (Å²) in [5.41, 5.74) is 0. The molecule has 0 radical (unpaired) electrons. The largest absolute Gasteiger partial charge is 0.342 e. The molecule has 0 amide bonds. The highest BCUT2D eigenvalue weighted by Crippen LogP contribution is 2.42. The van der Waals surface area contributed by atoms with Crippen LogP contribution in [0.1, 0.15) is 6.92 Å². The molecule has 1 atom stereocenters. The monoisotopic (exact) mass is 243 g/mol. The minimum Gasteiger partial charge on any atom is -0.323 e. The van der Waals surface area contributed by atoms with Gasteiger partial charge in [0.2, 0.25) is 0 Å². The van der Waals surface area contributed by atoms with E-state index in [2.05, 4.69) is 0 Å². The molecule has 0 spiro atoms. The van der Waals surface area contributed by atoms with Gasteiger partial charge >= 0.3 is 7.60 Å². The molecule has 0 aromatic rings. The average Bonchev–Trinajstić information content (AvgIpc) is 2.01. The van der Waals surface area contributed by atoms with Gasteiger partial charge in [-0.25, -0.2) is 8.42 Å². The van der Waals surface area contributed by atoms with E-state index in [4.69, 9.17) is 9.79 Å². The fourth-order valence-corrected chi connectivity index (χ4v) is 3.20. The Morgan fingerprint density at radius 3 is 2.07 bits per heavy atom. The lowest BCUT2D eigenvalue weighted by atomic mass is 10.5. The van der Waals surface area contributed by atoms with E-state index in [0.717, 1.165) is 0 Å². The molecular formula is C6H14NO5PS. The molecule has 8 heteroatoms. The maximum atomic E-state index is 11.0. The zero-order chi connectivity index (χ0) is 11.0. The summed E-state index contributed by atoms with van der Waals surface area (Å²) in [4.78, 5) is 19.3. The Morgan fingerprint density at radius 1 is 1.29 bits per heavy atom. The summed E-state index contributed by atoms with van der Waals surface area (Å²) >= 11 is 0. The van der Waals surface area contributed by atoms with E-state index >= 15 is 0 Å². The van der Waals surface area contributed by atoms with Gasteiger partial charge in [-0.15, -0.1) is 0 Å². The first kappa shape index (κ1) is 12.1. The van der Waals surface area contributed by atoms with Crippen molar-refractivity contribution in [2.24, 2.45) is 0 Å². The first-order valence-corrected chi connectivity index (χ1v) is 7.72. The van der Waals surface area contributed by atoms with E-state index in [1.54, 1.807) is 0 Å². The SMILES string of the molecule is CC(N1CCS(=O)(=O)CC1)P(=O)(O)O. The van der Waals surface area contributed by atoms with E-state index in [0.29, 0.717) is 0 Å². The van der Waals surface area contributed by atoms with Crippen molar-refractivity contribution < 1.29 is 22.8 Å². The topological polar surface area (TPSA) is 94.9 Å². The van der Waals surface area contributed by atoms with E-state index in [-0.39, 0.29) is 24.6 Å². The standard InChI is InChI=1S/C6H14NO5PS/c1-6(13(8,9)10)7-2-4-14(11,12)5-3-7/h6H,2-5H2,1H3,(H2,8,9,10). The highest BCUT2D eigenvalue weighted by atomic mass is 32.2. The Kier molecular flexibility index (Phi) is 3.38. The lowest BCUT2D eigenvalue weighted by molar-refractivity contribution is 0.237. The van der Waals surface area contributed by atoms with E-state index in [1.807, 2.05) is 0 Å². The van der Waals surface area contributed by atoms with E-state index in [1.165, 1.54) is 11.8 Å². The molecule has 0 saturated carbocycles. The van der Waals surface area contributed by atoms with Gasteiger partial charge in [0, 0.05) is 13.1 Å². The van der Waals surface area contributed by atoms with Gasteiger partial charge in [0.15, 0.2) is 9.84 Å². The molecule has 2 N–H and O–H groups in total. The van der Waals surface area contributed by atoms with Gasteiger partial charge in [0.05, 0.1) is 11.5 Å². The van der Waals surface area contributed by atoms with Crippen LogP contribution in [0.15, 0.2) is 0 Å². The van der Waals surface area contributed by atoms with Gasteiger partial charge < -0.3 is 9.79 Å². The summed E-state index contributed by atoms with van der Waals surface area (Å²) in [6, 6.07) is 0. The number of hydrogen-bond donors (Lipinski definition) is 2. The van der Waals surface area contributed by atoms with Crippen molar-refractivity contribution >= 4 is 17.4 Å². The Labute approximate surface area is 83.0 Å². The summed E-state index contributed by atoms with van der Waals surface area (Å²) in [5.74, 6) is -0.924. The van der Waals surface area contributed by atoms with Crippen LogP contribution in [-0.4, -0.2) is 53.5 Å². The number of hydrogen-bond acceptors (Lipinski definition) is 4. The zero-order valence-electron chi connectivity index (χ0n) is 7.83. The van der Waals surface area contributed by atoms with Crippen LogP contribution >= 0.6 is 7.60 Å². The molecule has 0 aromatic heterocycles. The molecule has 1 unspecified atom stereocenters. The third-order valence-electron chi connectivity index (χ3n) is 2.39. The van der Waals surface area contributed by atoms with Crippen LogP contribution in [0, 0.1) is 0 Å². The van der Waals surface area contributed by atoms with Crippen molar-refractivity contribution in [3.63, 3.8) is 0 Å². The molecule has 1 fully saturated rings. The van der Waals surface area contributed by atoms with Crippen molar-refractivity contribution in [1.82, 2.24) is 4.90 Å². The summed E-state index contributed by atoms with van der Waals surface area (Å²) in [5, 5.41) is 0. The van der Waals surface area contributed by atoms with Gasteiger partial charge in [0.1, 0.15) is 5.78 Å². The molecule has 14 heavy (non-hydrogen) atoms. The van der Waals surface area contributed by atoms with Crippen molar-refractivity contribution in [3.8, 4) is 0 Å². The third-order valence-corrected chi connectivity index (χ3v) is 5.30. The fourth-order valence-electron chi connectivity index (χ4n) is 1.31. The predicted octanol–water partition coefficient (Wildman–Crippen LogP) is -0.759. The summed E-state index contributed by atoms with van der Waals surface area (Å²) in [6.07, 6.45) is 0. The number of rotatable bonds is 2. The minimum absolute atomic E-state index is 0.0165. The Balaban J connectivity index is 2.63. The Morgan fingerprint density at radius 2 is 1.71 bits per heavy atom. The van der Waals surface area contributed by atoms with Crippen molar-refractivity contribution in [1.29, 1.82) is 0 Å². The molecule has 6 nitrogen and oxygen atoms in total. The second-order valence-electron chi connectivity index (χ2n) is 3.41. The molecule has 1 saturated heterocycles. The number of nitrogens with zero attached hydrogens (tertiary/aromatic N) is 1. The third kappa shape index (κ3) is 3.03. The van der Waals surface area contributed by atoms with Gasteiger partial charge in [-0.05, 0) is 6.92 Å². The first-order valence-electron chi connectivity index (χ1n) is 4.22. The molecular weight excluding hydrogens is 229 g/mol. The van der Waals surface area contributed by atoms with Gasteiger partial charge in [0.25, 0.3) is 0 Å². The highest BCUT2D eigenvalue weighted by Gasteiger charge is 2.33. The van der Waals surface area contributed by atoms with Crippen LogP contribution in [-0.2, 0) is 14.4 Å². The molecule has 84 valence electrons. The number of sulfone groups is 1. The second kappa shape index (κ2) is 3.90. The first-order chi connectivity index (χ1) is 6.22. The van der Waals surface area contributed by atoms with Crippen molar-refractivity contribution in [3.05, 3.63) is 0 Å². The maximum absolute atomic E-state index is 11.0. The normalized spacial score (nSPS) is 25.9. The van der Waals surface area contributed by atoms with Crippen LogP contribution in [0.4, 0.5) is 0 Å². The van der Waals surface area contributed by atoms with E-state index in [9.17, 15) is 13.0 Å². The Hall–Kier alpha value is 0.0600. The summed E-state index contributed by atoms with van der Waals surface area (Å²) < 4.78 is 33.0. The lowest BCUT2D eigenvalue weighted by Gasteiger charge is -2.32. The molecule has 1 heterocycles. The van der Waals surface area contributed by atoms with Crippen LogP contribution in [0.2, 0.25) is 0 Å². The highest BCUT2D eigenvalue weighted by molar-refractivity contribution is 7.91. The average molecular weight is 243 g/mol. The van der Waals surface area contributed by atoms with E-state index < -0.39 is 23.2 Å². The van der Waals surface area contributed by atoms with Gasteiger partial charge in [-0.3, -0.25) is 9.46 Å². The molecule has 1 aliphatic rings. The smallest absolute Gasteiger partial charge is 0.323 e. The molecule has 0 bridgehead atoms. The summed E-state index contributed by atoms with van der Waals surface area (Å²) in [7, 11) is -7.13. The van der Waals surface area contributed by atoms with Crippen LogP contribution in [0.5, 0.6) is 0 Å². The van der Waals surface area contributed by atoms with Crippen molar-refractivity contribution in [2.75, 3.05) is 24.6 Å². The fraction of sp³-hybridized carbons (Fsp3) is 1.00. The minimum atomic E-state index is -4.14. The maximum Gasteiger partial charge on any atom is 0.342 e. The molecule has 1 rings (SSSR count). The van der Waals surface area contributed by atoms with Crippen LogP contribution in [0.25, 0.3) is 0 Å². The molecule has 0 aliphatic carbocycles. The zero-order valence-corrected chi connectivity index (χ0v) is 9.54. The summed E-state index contributed by atoms with van der Waals surface area (Å²) in [6.45, 7) is 1.82. The molecule has 1 aliphatic heterocycles. The van der Waals surface area contributed by atoms with Gasteiger partial charge in [-0.1, -0.05) is 0 Å². The van der Waals surface area contributed by atoms with Gasteiger partial charge in [-0.2, -0.15) is 0 Å². The second-order valence-corrected chi connectivity index (χ2v) is 7.64. The lowest BCUT2D eigenvalue weighted by Crippen LogP contribution is -2.44. The quantitative estimate of drug-likeness (QED) is 0.619. The molecule has 0 aromatic carbocycles.